The molecule has 8 heteroatoms. The summed E-state index contributed by atoms with van der Waals surface area (Å²) in [5.41, 5.74) is 6.16. The summed E-state index contributed by atoms with van der Waals surface area (Å²) < 4.78 is 0. The predicted octanol–water partition coefficient (Wildman–Crippen LogP) is 2.83. The second kappa shape index (κ2) is 6.93. The number of nitriles is 1. The Morgan fingerprint density at radius 2 is 1.81 bits per heavy atom. The third-order valence-corrected chi connectivity index (χ3v) is 7.61. The molecule has 0 aromatic carbocycles. The maximum atomic E-state index is 12.6. The Labute approximate surface area is 162 Å². The molecule has 4 bridgehead atoms. The Bertz CT molecular complexity index is 740. The third-order valence-electron chi connectivity index (χ3n) is 5.95. The molecule has 0 radical (unpaired) electrons. The molecule has 4 aliphatic rings. The molecule has 0 atom stereocenters. The third kappa shape index (κ3) is 3.39. The Balaban J connectivity index is 1.42. The molecule has 4 saturated carbocycles. The molecule has 1 aromatic heterocycles. The Hall–Kier alpha value is -1.46. The van der Waals surface area contributed by atoms with Crippen LogP contribution in [0.1, 0.15) is 44.1 Å². The van der Waals surface area contributed by atoms with Crippen molar-refractivity contribution < 1.29 is 4.79 Å². The SMILES string of the molecule is CSc1nc(N)nc(SCC(=O)NC23CC4CC(CC(C4)C2)C3)c1C#N. The van der Waals surface area contributed by atoms with Crippen molar-refractivity contribution in [3.05, 3.63) is 5.56 Å². The first-order valence-corrected chi connectivity index (χ1v) is 11.3. The highest BCUT2D eigenvalue weighted by Gasteiger charge is 2.51. The van der Waals surface area contributed by atoms with Crippen LogP contribution >= 0.6 is 23.5 Å². The summed E-state index contributed by atoms with van der Waals surface area (Å²) in [5, 5.41) is 13.8. The van der Waals surface area contributed by atoms with Gasteiger partial charge in [-0.25, -0.2) is 9.97 Å². The molecule has 1 amide bonds. The van der Waals surface area contributed by atoms with Gasteiger partial charge in [-0.05, 0) is 62.5 Å². The van der Waals surface area contributed by atoms with Crippen molar-refractivity contribution in [1.29, 1.82) is 5.26 Å². The van der Waals surface area contributed by atoms with E-state index in [0.29, 0.717) is 15.6 Å². The van der Waals surface area contributed by atoms with Gasteiger partial charge in [-0.1, -0.05) is 11.8 Å². The molecule has 26 heavy (non-hydrogen) atoms. The first kappa shape index (κ1) is 17.9. The van der Waals surface area contributed by atoms with E-state index in [1.807, 2.05) is 6.26 Å². The number of carbonyl (C=O) groups excluding carboxylic acids is 1. The fourth-order valence-corrected chi connectivity index (χ4v) is 6.89. The average Bonchev–Trinajstić information content (AvgIpc) is 2.57. The summed E-state index contributed by atoms with van der Waals surface area (Å²) in [6.45, 7) is 0. The number of rotatable bonds is 5. The van der Waals surface area contributed by atoms with Gasteiger partial charge in [0.2, 0.25) is 11.9 Å². The minimum absolute atomic E-state index is 0.0135. The van der Waals surface area contributed by atoms with Crippen LogP contribution in [0.3, 0.4) is 0 Å². The maximum Gasteiger partial charge on any atom is 0.230 e. The number of thioether (sulfide) groups is 2. The van der Waals surface area contributed by atoms with Crippen molar-refractivity contribution >= 4 is 35.4 Å². The molecular weight excluding hydrogens is 366 g/mol. The van der Waals surface area contributed by atoms with E-state index in [1.165, 1.54) is 42.8 Å². The van der Waals surface area contributed by atoms with E-state index >= 15 is 0 Å². The molecule has 3 N–H and O–H groups in total. The molecule has 1 heterocycles. The van der Waals surface area contributed by atoms with Crippen LogP contribution in [0.2, 0.25) is 0 Å². The number of aromatic nitrogens is 2. The Morgan fingerprint density at radius 3 is 2.35 bits per heavy atom. The van der Waals surface area contributed by atoms with Crippen LogP contribution in [0.25, 0.3) is 0 Å². The van der Waals surface area contributed by atoms with Crippen molar-refractivity contribution in [3.63, 3.8) is 0 Å². The summed E-state index contributed by atoms with van der Waals surface area (Å²) in [6.07, 6.45) is 9.31. The van der Waals surface area contributed by atoms with E-state index in [2.05, 4.69) is 21.4 Å². The predicted molar refractivity (Wildman–Crippen MR) is 103 cm³/mol. The summed E-state index contributed by atoms with van der Waals surface area (Å²) in [7, 11) is 0. The lowest BCUT2D eigenvalue weighted by molar-refractivity contribution is -0.124. The topological polar surface area (TPSA) is 105 Å². The summed E-state index contributed by atoms with van der Waals surface area (Å²) in [5.74, 6) is 2.81. The van der Waals surface area contributed by atoms with Crippen LogP contribution in [0.15, 0.2) is 10.1 Å². The second-order valence-electron chi connectivity index (χ2n) is 7.92. The number of hydrogen-bond donors (Lipinski definition) is 2. The van der Waals surface area contributed by atoms with E-state index in [9.17, 15) is 10.1 Å². The molecule has 0 aliphatic heterocycles. The van der Waals surface area contributed by atoms with Crippen LogP contribution in [-0.4, -0.2) is 33.4 Å². The van der Waals surface area contributed by atoms with Crippen LogP contribution in [-0.2, 0) is 4.79 Å². The lowest BCUT2D eigenvalue weighted by Crippen LogP contribution is -2.60. The Kier molecular flexibility index (Phi) is 4.78. The zero-order valence-electron chi connectivity index (χ0n) is 14.8. The zero-order chi connectivity index (χ0) is 18.3. The largest absolute Gasteiger partial charge is 0.368 e. The van der Waals surface area contributed by atoms with Crippen molar-refractivity contribution in [2.75, 3.05) is 17.7 Å². The Morgan fingerprint density at radius 1 is 1.23 bits per heavy atom. The smallest absolute Gasteiger partial charge is 0.230 e. The quantitative estimate of drug-likeness (QED) is 0.589. The van der Waals surface area contributed by atoms with Crippen LogP contribution in [0.5, 0.6) is 0 Å². The molecule has 138 valence electrons. The second-order valence-corrected chi connectivity index (χ2v) is 9.68. The molecule has 6 nitrogen and oxygen atoms in total. The molecule has 0 spiro atoms. The van der Waals surface area contributed by atoms with Crippen molar-refractivity contribution in [1.82, 2.24) is 15.3 Å². The standard InChI is InChI=1S/C18H23N5OS2/c1-25-15-13(8-19)16(22-17(20)21-15)26-9-14(24)23-18-5-10-2-11(6-18)4-12(3-10)7-18/h10-12H,2-7,9H2,1H3,(H,23,24)(H2,20,21,22). The van der Waals surface area contributed by atoms with E-state index in [1.54, 1.807) is 0 Å². The van der Waals surface area contributed by atoms with Crippen molar-refractivity contribution in [3.8, 4) is 6.07 Å². The minimum Gasteiger partial charge on any atom is -0.368 e. The molecule has 4 fully saturated rings. The van der Waals surface area contributed by atoms with Gasteiger partial charge in [0.25, 0.3) is 0 Å². The number of nitrogens with zero attached hydrogens (tertiary/aromatic N) is 3. The van der Waals surface area contributed by atoms with Crippen LogP contribution in [0, 0.1) is 29.1 Å². The van der Waals surface area contributed by atoms with E-state index in [-0.39, 0.29) is 23.1 Å². The normalized spacial score (nSPS) is 31.6. The number of amides is 1. The first-order valence-electron chi connectivity index (χ1n) is 9.05. The number of anilines is 1. The highest BCUT2D eigenvalue weighted by atomic mass is 32.2. The zero-order valence-corrected chi connectivity index (χ0v) is 16.5. The number of nitrogens with two attached hydrogens (primary N) is 1. The number of nitrogens with one attached hydrogen (secondary N) is 1. The summed E-state index contributed by atoms with van der Waals surface area (Å²) >= 11 is 2.63. The van der Waals surface area contributed by atoms with Gasteiger partial charge < -0.3 is 11.1 Å². The highest BCUT2D eigenvalue weighted by molar-refractivity contribution is 8.00. The number of nitrogen functional groups attached to an aromatic ring is 1. The van der Waals surface area contributed by atoms with Gasteiger partial charge in [0.15, 0.2) is 0 Å². The van der Waals surface area contributed by atoms with Crippen LogP contribution in [0.4, 0.5) is 5.95 Å². The summed E-state index contributed by atoms with van der Waals surface area (Å²) in [6, 6.07) is 2.14. The molecule has 0 saturated heterocycles. The van der Waals surface area contributed by atoms with Gasteiger partial charge >= 0.3 is 0 Å². The van der Waals surface area contributed by atoms with Gasteiger partial charge in [0.1, 0.15) is 21.7 Å². The highest BCUT2D eigenvalue weighted by Crippen LogP contribution is 2.55. The fourth-order valence-electron chi connectivity index (χ4n) is 5.51. The fraction of sp³-hybridized carbons (Fsp3) is 0.667. The number of carbonyl (C=O) groups is 1. The minimum atomic E-state index is 0.0135. The maximum absolute atomic E-state index is 12.6. The average molecular weight is 390 g/mol. The monoisotopic (exact) mass is 389 g/mol. The van der Waals surface area contributed by atoms with E-state index in [0.717, 1.165) is 37.0 Å². The molecular formula is C18H23N5OS2. The summed E-state index contributed by atoms with van der Waals surface area (Å²) in [4.78, 5) is 20.9. The molecule has 0 unspecified atom stereocenters. The molecule has 1 aromatic rings. The van der Waals surface area contributed by atoms with Gasteiger partial charge in [0.05, 0.1) is 5.75 Å². The van der Waals surface area contributed by atoms with Gasteiger partial charge in [-0.3, -0.25) is 4.79 Å². The first-order chi connectivity index (χ1) is 12.5. The molecule has 5 rings (SSSR count). The lowest BCUT2D eigenvalue weighted by atomic mass is 9.53. The van der Waals surface area contributed by atoms with Gasteiger partial charge in [0, 0.05) is 5.54 Å². The van der Waals surface area contributed by atoms with E-state index < -0.39 is 0 Å². The van der Waals surface area contributed by atoms with Crippen LogP contribution < -0.4 is 11.1 Å². The van der Waals surface area contributed by atoms with Crippen molar-refractivity contribution in [2.24, 2.45) is 17.8 Å². The van der Waals surface area contributed by atoms with Gasteiger partial charge in [-0.2, -0.15) is 5.26 Å². The molecule has 4 aliphatic carbocycles. The van der Waals surface area contributed by atoms with Crippen molar-refractivity contribution in [2.45, 2.75) is 54.1 Å². The lowest BCUT2D eigenvalue weighted by Gasteiger charge is -2.56. The number of hydrogen-bond acceptors (Lipinski definition) is 7. The van der Waals surface area contributed by atoms with E-state index in [4.69, 9.17) is 5.73 Å². The van der Waals surface area contributed by atoms with Gasteiger partial charge in [-0.15, -0.1) is 11.8 Å².